The third-order valence-corrected chi connectivity index (χ3v) is 2.35. The fourth-order valence-electron chi connectivity index (χ4n) is 1.52. The Hall–Kier alpha value is -1.59. The van der Waals surface area contributed by atoms with Crippen LogP contribution in [0.2, 0.25) is 0 Å². The van der Waals surface area contributed by atoms with Crippen molar-refractivity contribution in [3.05, 3.63) is 29.3 Å². The highest BCUT2D eigenvalue weighted by Gasteiger charge is 2.21. The van der Waals surface area contributed by atoms with Crippen molar-refractivity contribution in [2.45, 2.75) is 25.6 Å². The van der Waals surface area contributed by atoms with E-state index in [1.807, 2.05) is 0 Å². The molecule has 88 valence electrons. The first-order valence-electron chi connectivity index (χ1n) is 4.85. The molecule has 0 fully saturated rings. The lowest BCUT2D eigenvalue weighted by Crippen LogP contribution is -2.26. The van der Waals surface area contributed by atoms with E-state index < -0.39 is 18.1 Å². The van der Waals surface area contributed by atoms with Gasteiger partial charge in [-0.15, -0.1) is 0 Å². The molecular weight excluding hydrogens is 210 g/mol. The first-order valence-corrected chi connectivity index (χ1v) is 4.85. The highest BCUT2D eigenvalue weighted by Crippen LogP contribution is 2.25. The summed E-state index contributed by atoms with van der Waals surface area (Å²) >= 11 is 0. The predicted octanol–water partition coefficient (Wildman–Crippen LogP) is -0.0297. The van der Waals surface area contributed by atoms with Crippen LogP contribution in [0.15, 0.2) is 18.2 Å². The molecule has 0 aliphatic heterocycles. The van der Waals surface area contributed by atoms with Crippen LogP contribution >= 0.6 is 0 Å². The van der Waals surface area contributed by atoms with Gasteiger partial charge in [0.1, 0.15) is 11.9 Å². The molecule has 5 N–H and O–H groups in total. The summed E-state index contributed by atoms with van der Waals surface area (Å²) in [5, 5.41) is 28.5. The number of amides is 1. The minimum Gasteiger partial charge on any atom is -0.508 e. The topological polar surface area (TPSA) is 104 Å². The van der Waals surface area contributed by atoms with Crippen LogP contribution in [-0.2, 0) is 4.79 Å². The van der Waals surface area contributed by atoms with Gasteiger partial charge in [0.05, 0.1) is 12.5 Å². The molecule has 5 nitrogen and oxygen atoms in total. The molecule has 0 heterocycles. The third-order valence-electron chi connectivity index (χ3n) is 2.35. The molecule has 2 atom stereocenters. The number of aromatic hydroxyl groups is 1. The summed E-state index contributed by atoms with van der Waals surface area (Å²) < 4.78 is 0. The van der Waals surface area contributed by atoms with Crippen molar-refractivity contribution in [1.82, 2.24) is 0 Å². The molecule has 1 amide bonds. The van der Waals surface area contributed by atoms with Crippen LogP contribution in [0.5, 0.6) is 5.75 Å². The maximum atomic E-state index is 10.6. The smallest absolute Gasteiger partial charge is 0.220 e. The summed E-state index contributed by atoms with van der Waals surface area (Å²) in [6, 6.07) is 4.37. The summed E-state index contributed by atoms with van der Waals surface area (Å²) in [5.41, 5.74) is 6.02. The van der Waals surface area contributed by atoms with Crippen LogP contribution in [0.25, 0.3) is 0 Å². The lowest BCUT2D eigenvalue weighted by atomic mass is 9.97. The van der Waals surface area contributed by atoms with E-state index in [0.29, 0.717) is 11.1 Å². The van der Waals surface area contributed by atoms with Crippen molar-refractivity contribution >= 4 is 5.91 Å². The number of aliphatic hydroxyl groups is 2. The number of phenols is 1. The Morgan fingerprint density at radius 2 is 2.06 bits per heavy atom. The normalized spacial score (nSPS) is 14.4. The van der Waals surface area contributed by atoms with E-state index in [1.54, 1.807) is 6.92 Å². The lowest BCUT2D eigenvalue weighted by Gasteiger charge is -2.18. The van der Waals surface area contributed by atoms with Crippen molar-refractivity contribution in [2.75, 3.05) is 0 Å². The van der Waals surface area contributed by atoms with Crippen LogP contribution in [-0.4, -0.2) is 27.3 Å². The molecular formula is C11H15NO4. The van der Waals surface area contributed by atoms with Gasteiger partial charge in [0.2, 0.25) is 5.91 Å². The molecule has 0 aliphatic carbocycles. The van der Waals surface area contributed by atoms with E-state index in [1.165, 1.54) is 18.2 Å². The highest BCUT2D eigenvalue weighted by atomic mass is 16.3. The summed E-state index contributed by atoms with van der Waals surface area (Å²) in [5.74, 6) is -0.596. The average Bonchev–Trinajstić information content (AvgIpc) is 2.15. The number of rotatable bonds is 4. The maximum Gasteiger partial charge on any atom is 0.220 e. The summed E-state index contributed by atoms with van der Waals surface area (Å²) in [4.78, 5) is 10.6. The number of hydrogen-bond donors (Lipinski definition) is 4. The van der Waals surface area contributed by atoms with E-state index in [-0.39, 0.29) is 12.2 Å². The number of phenolic OH excluding ortho intramolecular Hbond substituents is 1. The predicted molar refractivity (Wildman–Crippen MR) is 57.6 cm³/mol. The summed E-state index contributed by atoms with van der Waals surface area (Å²) in [6.45, 7) is 1.69. The maximum absolute atomic E-state index is 10.6. The number of nitrogens with two attached hydrogens (primary N) is 1. The molecule has 0 saturated heterocycles. The third kappa shape index (κ3) is 2.95. The molecule has 0 spiro atoms. The molecule has 0 aliphatic rings. The second kappa shape index (κ2) is 4.96. The van der Waals surface area contributed by atoms with Crippen molar-refractivity contribution in [2.24, 2.45) is 5.73 Å². The molecule has 1 aromatic carbocycles. The van der Waals surface area contributed by atoms with E-state index >= 15 is 0 Å². The van der Waals surface area contributed by atoms with Gasteiger partial charge in [0.25, 0.3) is 0 Å². The lowest BCUT2D eigenvalue weighted by molar-refractivity contribution is -0.121. The van der Waals surface area contributed by atoms with E-state index in [4.69, 9.17) is 5.73 Å². The van der Waals surface area contributed by atoms with Gasteiger partial charge in [-0.1, -0.05) is 6.07 Å². The number of carbonyl (C=O) groups excluding carboxylic acids is 1. The average molecular weight is 225 g/mol. The minimum atomic E-state index is -1.24. The van der Waals surface area contributed by atoms with Gasteiger partial charge < -0.3 is 21.1 Å². The number of hydrogen-bond acceptors (Lipinski definition) is 4. The van der Waals surface area contributed by atoms with Gasteiger partial charge in [-0.05, 0) is 30.2 Å². The van der Waals surface area contributed by atoms with Crippen molar-refractivity contribution < 1.29 is 20.1 Å². The number of aryl methyl sites for hydroxylation is 1. The first kappa shape index (κ1) is 12.5. The van der Waals surface area contributed by atoms with E-state index in [0.717, 1.165) is 0 Å². The van der Waals surface area contributed by atoms with Gasteiger partial charge >= 0.3 is 0 Å². The molecule has 0 bridgehead atoms. The van der Waals surface area contributed by atoms with Crippen molar-refractivity contribution in [3.63, 3.8) is 0 Å². The Bertz CT molecular complexity index is 392. The monoisotopic (exact) mass is 225 g/mol. The van der Waals surface area contributed by atoms with E-state index in [9.17, 15) is 20.1 Å². The fraction of sp³-hybridized carbons (Fsp3) is 0.364. The van der Waals surface area contributed by atoms with Gasteiger partial charge in [-0.3, -0.25) is 4.79 Å². The van der Waals surface area contributed by atoms with Gasteiger partial charge in [0.15, 0.2) is 0 Å². The minimum absolute atomic E-state index is 0.0813. The standard InChI is InChI=1S/C11H15NO4/c1-6-4-7(13)2-3-8(6)11(16)9(14)5-10(12)15/h2-4,9,11,13-14,16H,5H2,1H3,(H2,12,15). The molecule has 1 aromatic rings. The van der Waals surface area contributed by atoms with Gasteiger partial charge in [0, 0.05) is 0 Å². The molecule has 5 heteroatoms. The highest BCUT2D eigenvalue weighted by molar-refractivity contribution is 5.74. The number of aliphatic hydroxyl groups excluding tert-OH is 2. The zero-order valence-electron chi connectivity index (χ0n) is 8.92. The second-order valence-electron chi connectivity index (χ2n) is 3.72. The number of carbonyl (C=O) groups is 1. The van der Waals surface area contributed by atoms with Crippen LogP contribution in [0, 0.1) is 6.92 Å². The Kier molecular flexibility index (Phi) is 3.87. The Balaban J connectivity index is 2.87. The Morgan fingerprint density at radius 1 is 1.44 bits per heavy atom. The quantitative estimate of drug-likeness (QED) is 0.577. The SMILES string of the molecule is Cc1cc(O)ccc1C(O)C(O)CC(N)=O. The molecule has 1 rings (SSSR count). The van der Waals surface area contributed by atoms with Crippen LogP contribution in [0.3, 0.4) is 0 Å². The number of primary amides is 1. The van der Waals surface area contributed by atoms with Crippen LogP contribution < -0.4 is 5.73 Å². The van der Waals surface area contributed by atoms with Gasteiger partial charge in [-0.2, -0.15) is 0 Å². The Labute approximate surface area is 93.1 Å². The fourth-order valence-corrected chi connectivity index (χ4v) is 1.52. The zero-order valence-corrected chi connectivity index (χ0v) is 8.92. The summed E-state index contributed by atoms with van der Waals surface area (Å²) in [7, 11) is 0. The molecule has 0 radical (unpaired) electrons. The second-order valence-corrected chi connectivity index (χ2v) is 3.72. The molecule has 16 heavy (non-hydrogen) atoms. The zero-order chi connectivity index (χ0) is 12.3. The van der Waals surface area contributed by atoms with Gasteiger partial charge in [-0.25, -0.2) is 0 Å². The molecule has 0 aromatic heterocycles. The Morgan fingerprint density at radius 3 is 2.56 bits per heavy atom. The number of benzene rings is 1. The van der Waals surface area contributed by atoms with Crippen molar-refractivity contribution in [1.29, 1.82) is 0 Å². The van der Waals surface area contributed by atoms with E-state index in [2.05, 4.69) is 0 Å². The van der Waals surface area contributed by atoms with Crippen LogP contribution in [0.1, 0.15) is 23.7 Å². The van der Waals surface area contributed by atoms with Crippen LogP contribution in [0.4, 0.5) is 0 Å². The summed E-state index contributed by atoms with van der Waals surface area (Å²) in [6.07, 6.45) is -2.73. The molecule has 2 unspecified atom stereocenters. The molecule has 0 saturated carbocycles. The first-order chi connectivity index (χ1) is 7.41. The largest absolute Gasteiger partial charge is 0.508 e. The van der Waals surface area contributed by atoms with Crippen molar-refractivity contribution in [3.8, 4) is 5.75 Å².